The van der Waals surface area contributed by atoms with E-state index in [0.717, 1.165) is 23.1 Å². The summed E-state index contributed by atoms with van der Waals surface area (Å²) in [6.45, 7) is 8.34. The number of halogens is 1. The third-order valence-corrected chi connectivity index (χ3v) is 4.76. The Balaban J connectivity index is 2.20. The van der Waals surface area contributed by atoms with E-state index < -0.39 is 6.04 Å². The molecule has 0 saturated carbocycles. The lowest BCUT2D eigenvalue weighted by atomic mass is 10.1. The zero-order valence-corrected chi connectivity index (χ0v) is 18.2. The van der Waals surface area contributed by atoms with Gasteiger partial charge in [-0.05, 0) is 67.6 Å². The average Bonchev–Trinajstić information content (AvgIpc) is 2.71. The predicted molar refractivity (Wildman–Crippen MR) is 116 cm³/mol. The van der Waals surface area contributed by atoms with Gasteiger partial charge < -0.3 is 15.0 Å². The van der Waals surface area contributed by atoms with E-state index in [1.807, 2.05) is 45.9 Å². The number of nitrogens with zero attached hydrogens (tertiary/aromatic N) is 1. The van der Waals surface area contributed by atoms with E-state index in [-0.39, 0.29) is 30.8 Å². The van der Waals surface area contributed by atoms with Crippen molar-refractivity contribution in [2.24, 2.45) is 0 Å². The first-order chi connectivity index (χ1) is 14.3. The number of benzene rings is 2. The Labute approximate surface area is 178 Å². The smallest absolute Gasteiger partial charge is 0.261 e. The Morgan fingerprint density at radius 3 is 2.27 bits per heavy atom. The maximum atomic E-state index is 13.3. The standard InChI is InChI=1S/C24H31FN2O3/c1-5-11-26-24(29)22(6-2)27(15-19-7-9-20(25)10-8-19)23(28)16-30-21-13-17(3)12-18(4)14-21/h7-10,12-14,22H,5-6,11,15-16H2,1-4H3,(H,26,29)/t22-/m1/s1. The van der Waals surface area contributed by atoms with Crippen LogP contribution in [0.25, 0.3) is 0 Å². The molecule has 0 heterocycles. The molecule has 0 saturated heterocycles. The Morgan fingerprint density at radius 1 is 1.07 bits per heavy atom. The molecule has 2 aromatic carbocycles. The van der Waals surface area contributed by atoms with Crippen molar-refractivity contribution in [2.45, 2.75) is 53.1 Å². The fourth-order valence-electron chi connectivity index (χ4n) is 3.32. The lowest BCUT2D eigenvalue weighted by Crippen LogP contribution is -2.50. The normalized spacial score (nSPS) is 11.6. The summed E-state index contributed by atoms with van der Waals surface area (Å²) in [6, 6.07) is 11.1. The molecule has 5 nitrogen and oxygen atoms in total. The van der Waals surface area contributed by atoms with Crippen LogP contribution >= 0.6 is 0 Å². The van der Waals surface area contributed by atoms with E-state index in [2.05, 4.69) is 5.32 Å². The summed E-state index contributed by atoms with van der Waals surface area (Å²) in [7, 11) is 0. The highest BCUT2D eigenvalue weighted by Crippen LogP contribution is 2.18. The fraction of sp³-hybridized carbons (Fsp3) is 0.417. The van der Waals surface area contributed by atoms with Crippen LogP contribution in [0.1, 0.15) is 43.4 Å². The van der Waals surface area contributed by atoms with Gasteiger partial charge in [0, 0.05) is 13.1 Å². The number of ether oxygens (including phenoxy) is 1. The van der Waals surface area contributed by atoms with E-state index in [0.29, 0.717) is 18.7 Å². The van der Waals surface area contributed by atoms with Crippen LogP contribution in [-0.4, -0.2) is 35.9 Å². The molecule has 0 aliphatic heterocycles. The van der Waals surface area contributed by atoms with Crippen LogP contribution in [0.2, 0.25) is 0 Å². The summed E-state index contributed by atoms with van der Waals surface area (Å²) in [6.07, 6.45) is 1.27. The first kappa shape index (κ1) is 23.4. The zero-order chi connectivity index (χ0) is 22.1. The topological polar surface area (TPSA) is 58.6 Å². The summed E-state index contributed by atoms with van der Waals surface area (Å²) in [5.41, 5.74) is 2.84. The van der Waals surface area contributed by atoms with Crippen LogP contribution < -0.4 is 10.1 Å². The Morgan fingerprint density at radius 2 is 1.70 bits per heavy atom. The van der Waals surface area contributed by atoms with Gasteiger partial charge in [0.2, 0.25) is 5.91 Å². The maximum absolute atomic E-state index is 13.3. The van der Waals surface area contributed by atoms with Crippen LogP contribution in [-0.2, 0) is 16.1 Å². The maximum Gasteiger partial charge on any atom is 0.261 e. The molecule has 2 aromatic rings. The highest BCUT2D eigenvalue weighted by Gasteiger charge is 2.28. The average molecular weight is 415 g/mol. The fourth-order valence-corrected chi connectivity index (χ4v) is 3.32. The summed E-state index contributed by atoms with van der Waals surface area (Å²) in [5.74, 6) is -0.216. The minimum atomic E-state index is -0.628. The number of hydrogen-bond acceptors (Lipinski definition) is 3. The van der Waals surface area contributed by atoms with Gasteiger partial charge in [-0.2, -0.15) is 0 Å². The quantitative estimate of drug-likeness (QED) is 0.635. The van der Waals surface area contributed by atoms with Crippen molar-refractivity contribution >= 4 is 11.8 Å². The van der Waals surface area contributed by atoms with Crippen molar-refractivity contribution in [3.63, 3.8) is 0 Å². The van der Waals surface area contributed by atoms with Crippen LogP contribution in [0.15, 0.2) is 42.5 Å². The monoisotopic (exact) mass is 414 g/mol. The second-order valence-electron chi connectivity index (χ2n) is 7.48. The van der Waals surface area contributed by atoms with Crippen molar-refractivity contribution < 1.29 is 18.7 Å². The predicted octanol–water partition coefficient (Wildman–Crippen LogP) is 4.15. The summed E-state index contributed by atoms with van der Waals surface area (Å²) < 4.78 is 19.0. The first-order valence-corrected chi connectivity index (χ1v) is 10.4. The van der Waals surface area contributed by atoms with Crippen LogP contribution in [0.5, 0.6) is 5.75 Å². The molecule has 2 amide bonds. The highest BCUT2D eigenvalue weighted by atomic mass is 19.1. The number of carbonyl (C=O) groups is 2. The molecule has 6 heteroatoms. The SMILES string of the molecule is CCCNC(=O)[C@@H](CC)N(Cc1ccc(F)cc1)C(=O)COc1cc(C)cc(C)c1. The van der Waals surface area contributed by atoms with Gasteiger partial charge in [0.1, 0.15) is 17.6 Å². The van der Waals surface area contributed by atoms with E-state index in [1.54, 1.807) is 12.1 Å². The second-order valence-corrected chi connectivity index (χ2v) is 7.48. The van der Waals surface area contributed by atoms with Crippen molar-refractivity contribution in [3.8, 4) is 5.75 Å². The minimum absolute atomic E-state index is 0.179. The molecule has 0 bridgehead atoms. The lowest BCUT2D eigenvalue weighted by Gasteiger charge is -2.30. The van der Waals surface area contributed by atoms with Gasteiger partial charge in [0.15, 0.2) is 6.61 Å². The zero-order valence-electron chi connectivity index (χ0n) is 18.2. The van der Waals surface area contributed by atoms with Crippen molar-refractivity contribution in [1.82, 2.24) is 10.2 Å². The molecule has 0 spiro atoms. The molecule has 1 atom stereocenters. The number of aryl methyl sites for hydroxylation is 2. The molecular weight excluding hydrogens is 383 g/mol. The van der Waals surface area contributed by atoms with Gasteiger partial charge in [-0.1, -0.05) is 32.0 Å². The van der Waals surface area contributed by atoms with Gasteiger partial charge >= 0.3 is 0 Å². The van der Waals surface area contributed by atoms with Crippen LogP contribution in [0.3, 0.4) is 0 Å². The number of hydrogen-bond donors (Lipinski definition) is 1. The third-order valence-electron chi connectivity index (χ3n) is 4.76. The first-order valence-electron chi connectivity index (χ1n) is 10.4. The molecule has 2 rings (SSSR count). The van der Waals surface area contributed by atoms with Crippen molar-refractivity contribution in [1.29, 1.82) is 0 Å². The molecule has 0 radical (unpaired) electrons. The Hall–Kier alpha value is -2.89. The molecule has 1 N–H and O–H groups in total. The van der Waals surface area contributed by atoms with E-state index in [9.17, 15) is 14.0 Å². The summed E-state index contributed by atoms with van der Waals surface area (Å²) in [5, 5.41) is 2.87. The van der Waals surface area contributed by atoms with Gasteiger partial charge in [0.05, 0.1) is 0 Å². The largest absolute Gasteiger partial charge is 0.484 e. The number of amides is 2. The van der Waals surface area contributed by atoms with Gasteiger partial charge in [0.25, 0.3) is 5.91 Å². The van der Waals surface area contributed by atoms with Gasteiger partial charge in [-0.15, -0.1) is 0 Å². The van der Waals surface area contributed by atoms with Crippen LogP contribution in [0, 0.1) is 19.7 Å². The number of nitrogens with one attached hydrogen (secondary N) is 1. The molecule has 0 unspecified atom stereocenters. The van der Waals surface area contributed by atoms with E-state index in [4.69, 9.17) is 4.74 Å². The Bertz CT molecular complexity index is 832. The lowest BCUT2D eigenvalue weighted by molar-refractivity contribution is -0.143. The van der Waals surface area contributed by atoms with E-state index in [1.165, 1.54) is 17.0 Å². The summed E-state index contributed by atoms with van der Waals surface area (Å²) in [4.78, 5) is 27.3. The molecule has 162 valence electrons. The van der Waals surface area contributed by atoms with E-state index >= 15 is 0 Å². The second kappa shape index (κ2) is 11.3. The molecule has 0 aliphatic rings. The Kier molecular flexibility index (Phi) is 8.84. The third kappa shape index (κ3) is 6.87. The van der Waals surface area contributed by atoms with Gasteiger partial charge in [-0.25, -0.2) is 4.39 Å². The molecule has 0 aliphatic carbocycles. The highest BCUT2D eigenvalue weighted by molar-refractivity contribution is 5.88. The van der Waals surface area contributed by atoms with Crippen molar-refractivity contribution in [2.75, 3.05) is 13.2 Å². The van der Waals surface area contributed by atoms with Crippen molar-refractivity contribution in [3.05, 3.63) is 65.0 Å². The number of carbonyl (C=O) groups excluding carboxylic acids is 2. The number of rotatable bonds is 10. The molecule has 0 fully saturated rings. The molecular formula is C24H31FN2O3. The summed E-state index contributed by atoms with van der Waals surface area (Å²) >= 11 is 0. The molecule has 0 aromatic heterocycles. The minimum Gasteiger partial charge on any atom is -0.484 e. The molecule has 30 heavy (non-hydrogen) atoms. The van der Waals surface area contributed by atoms with Crippen LogP contribution in [0.4, 0.5) is 4.39 Å². The van der Waals surface area contributed by atoms with Gasteiger partial charge in [-0.3, -0.25) is 9.59 Å².